The zero-order valence-corrected chi connectivity index (χ0v) is 21.8. The third-order valence-corrected chi connectivity index (χ3v) is 7.90. The SMILES string of the molecule is COCCNC(=O)C1(Sc2ccc(C)cc2)CC(=O)N(c2ccc(Cl)cc2)C1c1ccc(Cl)cc1. The molecule has 1 aliphatic rings. The number of ether oxygens (including phenoxy) is 1. The molecule has 1 heterocycles. The van der Waals surface area contributed by atoms with E-state index in [1.807, 2.05) is 43.3 Å². The topological polar surface area (TPSA) is 58.6 Å². The lowest BCUT2D eigenvalue weighted by atomic mass is 9.91. The Hall–Kier alpha value is -2.51. The molecule has 2 unspecified atom stereocenters. The fourth-order valence-corrected chi connectivity index (χ4v) is 5.95. The Bertz CT molecular complexity index is 1190. The Kier molecular flexibility index (Phi) is 8.07. The van der Waals surface area contributed by atoms with Crippen LogP contribution in [0.3, 0.4) is 0 Å². The summed E-state index contributed by atoms with van der Waals surface area (Å²) in [6.07, 6.45) is 0.0281. The second kappa shape index (κ2) is 11.0. The van der Waals surface area contributed by atoms with Gasteiger partial charge >= 0.3 is 0 Å². The maximum Gasteiger partial charge on any atom is 0.239 e. The largest absolute Gasteiger partial charge is 0.383 e. The van der Waals surface area contributed by atoms with Crippen molar-refractivity contribution in [2.24, 2.45) is 0 Å². The number of hydrogen-bond donors (Lipinski definition) is 1. The molecule has 1 fully saturated rings. The molecule has 35 heavy (non-hydrogen) atoms. The van der Waals surface area contributed by atoms with Gasteiger partial charge in [0.15, 0.2) is 0 Å². The summed E-state index contributed by atoms with van der Waals surface area (Å²) < 4.78 is 4.01. The Balaban J connectivity index is 1.87. The van der Waals surface area contributed by atoms with Crippen LogP contribution in [0.2, 0.25) is 10.0 Å². The summed E-state index contributed by atoms with van der Waals surface area (Å²) in [4.78, 5) is 30.2. The van der Waals surface area contributed by atoms with E-state index in [4.69, 9.17) is 27.9 Å². The van der Waals surface area contributed by atoms with Gasteiger partial charge in [-0.3, -0.25) is 9.59 Å². The molecule has 0 bridgehead atoms. The molecule has 1 saturated heterocycles. The molecule has 5 nitrogen and oxygen atoms in total. The van der Waals surface area contributed by atoms with E-state index in [0.717, 1.165) is 16.0 Å². The molecule has 182 valence electrons. The molecule has 3 aromatic carbocycles. The number of hydrogen-bond acceptors (Lipinski definition) is 4. The summed E-state index contributed by atoms with van der Waals surface area (Å²) in [5.41, 5.74) is 2.61. The van der Waals surface area contributed by atoms with Gasteiger partial charge in [0.05, 0.1) is 19.1 Å². The molecule has 1 N–H and O–H groups in total. The highest BCUT2D eigenvalue weighted by Gasteiger charge is 2.58. The lowest BCUT2D eigenvalue weighted by Gasteiger charge is -2.36. The molecule has 2 amide bonds. The lowest BCUT2D eigenvalue weighted by molar-refractivity contribution is -0.125. The summed E-state index contributed by atoms with van der Waals surface area (Å²) in [7, 11) is 1.58. The number of thioether (sulfide) groups is 1. The number of benzene rings is 3. The van der Waals surface area contributed by atoms with E-state index in [2.05, 4.69) is 5.32 Å². The van der Waals surface area contributed by atoms with Gasteiger partial charge in [0, 0.05) is 34.3 Å². The van der Waals surface area contributed by atoms with E-state index >= 15 is 0 Å². The smallest absolute Gasteiger partial charge is 0.239 e. The molecule has 1 aliphatic heterocycles. The van der Waals surface area contributed by atoms with Crippen LogP contribution in [0.4, 0.5) is 5.69 Å². The number of nitrogens with one attached hydrogen (secondary N) is 1. The molecule has 3 aromatic rings. The van der Waals surface area contributed by atoms with Crippen molar-refractivity contribution in [3.05, 3.63) is 94.0 Å². The quantitative estimate of drug-likeness (QED) is 0.360. The van der Waals surface area contributed by atoms with Gasteiger partial charge in [-0.05, 0) is 61.0 Å². The third-order valence-electron chi connectivity index (χ3n) is 5.97. The number of nitrogens with zero attached hydrogens (tertiary/aromatic N) is 1. The first-order valence-electron chi connectivity index (χ1n) is 11.2. The van der Waals surface area contributed by atoms with Crippen LogP contribution in [0.25, 0.3) is 0 Å². The Morgan fingerprint density at radius 1 is 1.03 bits per heavy atom. The van der Waals surface area contributed by atoms with Crippen LogP contribution in [-0.2, 0) is 14.3 Å². The van der Waals surface area contributed by atoms with Crippen molar-refractivity contribution in [2.45, 2.75) is 29.0 Å². The van der Waals surface area contributed by atoms with Gasteiger partial charge in [0.2, 0.25) is 11.8 Å². The zero-order valence-electron chi connectivity index (χ0n) is 19.5. The standard InChI is InChI=1S/C27H26Cl2N2O3S/c1-18-3-13-23(14-4-18)35-27(26(33)30-15-16-34-2)17-24(32)31(22-11-9-21(29)10-12-22)25(27)19-5-7-20(28)8-6-19/h3-14,25H,15-17H2,1-2H3,(H,30,33). The average molecular weight is 529 g/mol. The second-order valence-electron chi connectivity index (χ2n) is 8.42. The van der Waals surface area contributed by atoms with E-state index in [9.17, 15) is 9.59 Å². The summed E-state index contributed by atoms with van der Waals surface area (Å²) in [6.45, 7) is 2.73. The predicted molar refractivity (Wildman–Crippen MR) is 142 cm³/mol. The van der Waals surface area contributed by atoms with Crippen molar-refractivity contribution in [1.29, 1.82) is 0 Å². The fourth-order valence-electron chi connectivity index (χ4n) is 4.29. The van der Waals surface area contributed by atoms with Crippen LogP contribution >= 0.6 is 35.0 Å². The maximum atomic E-state index is 13.9. The fraction of sp³-hybridized carbons (Fsp3) is 0.259. The number of aryl methyl sites for hydroxylation is 1. The first-order valence-corrected chi connectivity index (χ1v) is 12.8. The normalized spacial score (nSPS) is 19.7. The lowest BCUT2D eigenvalue weighted by Crippen LogP contribution is -2.49. The molecule has 0 radical (unpaired) electrons. The van der Waals surface area contributed by atoms with E-state index in [1.165, 1.54) is 11.8 Å². The number of amides is 2. The average Bonchev–Trinajstić information content (AvgIpc) is 3.14. The van der Waals surface area contributed by atoms with E-state index in [1.54, 1.807) is 48.4 Å². The van der Waals surface area contributed by atoms with Gasteiger partial charge in [-0.1, -0.05) is 53.0 Å². The van der Waals surface area contributed by atoms with Crippen LogP contribution in [0.1, 0.15) is 23.6 Å². The minimum atomic E-state index is -1.13. The van der Waals surface area contributed by atoms with Crippen LogP contribution in [-0.4, -0.2) is 36.8 Å². The predicted octanol–water partition coefficient (Wildman–Crippen LogP) is 6.07. The molecule has 0 aromatic heterocycles. The Labute approximate surface area is 219 Å². The first-order chi connectivity index (χ1) is 16.8. The maximum absolute atomic E-state index is 13.9. The zero-order chi connectivity index (χ0) is 25.0. The number of carbonyl (C=O) groups is 2. The van der Waals surface area contributed by atoms with Crippen LogP contribution < -0.4 is 10.2 Å². The Morgan fingerprint density at radius 2 is 1.63 bits per heavy atom. The summed E-state index contributed by atoms with van der Waals surface area (Å²) >= 11 is 13.7. The molecule has 0 spiro atoms. The molecule has 8 heteroatoms. The summed E-state index contributed by atoms with van der Waals surface area (Å²) in [6, 6.07) is 21.8. The van der Waals surface area contributed by atoms with Crippen molar-refractivity contribution < 1.29 is 14.3 Å². The summed E-state index contributed by atoms with van der Waals surface area (Å²) in [5, 5.41) is 4.15. The van der Waals surface area contributed by atoms with Gasteiger partial charge in [0.25, 0.3) is 0 Å². The van der Waals surface area contributed by atoms with E-state index < -0.39 is 10.8 Å². The third kappa shape index (κ3) is 5.51. The number of rotatable bonds is 8. The van der Waals surface area contributed by atoms with Crippen molar-refractivity contribution >= 4 is 52.5 Å². The monoisotopic (exact) mass is 528 g/mol. The Morgan fingerprint density at radius 3 is 2.23 bits per heavy atom. The van der Waals surface area contributed by atoms with Crippen molar-refractivity contribution in [2.75, 3.05) is 25.2 Å². The number of halogens is 2. The number of methoxy groups -OCH3 is 1. The van der Waals surface area contributed by atoms with Gasteiger partial charge in [0.1, 0.15) is 4.75 Å². The minimum absolute atomic E-state index is 0.0281. The molecule has 0 aliphatic carbocycles. The molecular weight excluding hydrogens is 503 g/mol. The molecular formula is C27H26Cl2N2O3S. The van der Waals surface area contributed by atoms with Crippen LogP contribution in [0.15, 0.2) is 77.7 Å². The molecule has 4 rings (SSSR count). The number of anilines is 1. The van der Waals surface area contributed by atoms with Gasteiger partial charge in [-0.25, -0.2) is 0 Å². The minimum Gasteiger partial charge on any atom is -0.383 e. The van der Waals surface area contributed by atoms with Crippen molar-refractivity contribution in [1.82, 2.24) is 5.32 Å². The first kappa shape index (κ1) is 25.6. The second-order valence-corrected chi connectivity index (χ2v) is 10.7. The van der Waals surface area contributed by atoms with Gasteiger partial charge in [-0.15, -0.1) is 11.8 Å². The highest BCUT2D eigenvalue weighted by molar-refractivity contribution is 8.01. The van der Waals surface area contributed by atoms with E-state index in [0.29, 0.717) is 28.9 Å². The van der Waals surface area contributed by atoms with Crippen molar-refractivity contribution in [3.8, 4) is 0 Å². The van der Waals surface area contributed by atoms with Gasteiger partial charge in [-0.2, -0.15) is 0 Å². The molecule has 0 saturated carbocycles. The number of carbonyl (C=O) groups excluding carboxylic acids is 2. The van der Waals surface area contributed by atoms with Crippen molar-refractivity contribution in [3.63, 3.8) is 0 Å². The summed E-state index contributed by atoms with van der Waals surface area (Å²) in [5.74, 6) is -0.362. The molecule has 2 atom stereocenters. The highest BCUT2D eigenvalue weighted by atomic mass is 35.5. The highest BCUT2D eigenvalue weighted by Crippen LogP contribution is 2.54. The van der Waals surface area contributed by atoms with Crippen LogP contribution in [0.5, 0.6) is 0 Å². The van der Waals surface area contributed by atoms with Crippen LogP contribution in [0, 0.1) is 6.92 Å². The van der Waals surface area contributed by atoms with Gasteiger partial charge < -0.3 is 15.0 Å². The van der Waals surface area contributed by atoms with E-state index in [-0.39, 0.29) is 18.2 Å².